The number of hydrogen-bond donors (Lipinski definition) is 3. The van der Waals surface area contributed by atoms with E-state index in [9.17, 15) is 19.2 Å². The zero-order valence-corrected chi connectivity index (χ0v) is 35.4. The number of carboxylic acids is 1. The van der Waals surface area contributed by atoms with Crippen molar-refractivity contribution in [3.05, 3.63) is 96.3 Å². The summed E-state index contributed by atoms with van der Waals surface area (Å²) in [5.74, 6) is 3.89. The molecule has 17 nitrogen and oxygen atoms in total. The van der Waals surface area contributed by atoms with Gasteiger partial charge in [0, 0.05) is 50.7 Å². The Bertz CT molecular complexity index is 1810. The Labute approximate surface area is 358 Å². The van der Waals surface area contributed by atoms with Gasteiger partial charge in [0.1, 0.15) is 25.3 Å². The van der Waals surface area contributed by atoms with Crippen molar-refractivity contribution in [1.29, 1.82) is 0 Å². The zero-order valence-electron chi connectivity index (χ0n) is 35.4. The maximum Gasteiger partial charge on any atom is 0.345 e. The average Bonchev–Trinajstić information content (AvgIpc) is 3.66. The normalized spacial score (nSPS) is 23.9. The molecule has 0 saturated carbocycles. The predicted octanol–water partition coefficient (Wildman–Crippen LogP) is 4.78. The molecule has 2 aromatic carbocycles. The number of nitrogens with zero attached hydrogens (tertiary/aromatic N) is 6. The lowest BCUT2D eigenvalue weighted by molar-refractivity contribution is -0.146. The molecular formula is C44H62N8O9. The number of urea groups is 2. The van der Waals surface area contributed by atoms with Crippen LogP contribution in [0, 0.1) is 0 Å². The summed E-state index contributed by atoms with van der Waals surface area (Å²) >= 11 is 0. The number of fused-ring (bicyclic) bond motifs is 4. The standard InChI is InChI=1S/C22H30N4O4.C14H16N2O4.C8H16N2O/c1-16(2)24-12-10-19(11-13-24)30-23-21(27)20-9-8-18-14-25(20)22(28)26(18)29-15-17-6-4-3-5-7-17;17-13(18)12-7-6-11-8-15(12)14(19)16(11)20-9-10-4-2-1-3-5-10;1-7(2)10-5-3-8(11-9)4-6-10/h3-7,18-20H,1,8-15H2,2H3,(H,23,27);1-5,11-12H,6-9H2,(H,17,18);8H,1,3-6,9H2,2H3/t18-,20+;11-,12+;/m11./s1. The van der Waals surface area contributed by atoms with E-state index in [0.717, 1.165) is 80.8 Å². The predicted molar refractivity (Wildman–Crippen MR) is 225 cm³/mol. The lowest BCUT2D eigenvalue weighted by Crippen LogP contribution is -2.50. The highest BCUT2D eigenvalue weighted by atomic mass is 16.7. The van der Waals surface area contributed by atoms with Crippen LogP contribution in [0.5, 0.6) is 0 Å². The van der Waals surface area contributed by atoms with E-state index in [1.165, 1.54) is 15.0 Å². The molecule has 6 heterocycles. The third kappa shape index (κ3) is 11.8. The summed E-state index contributed by atoms with van der Waals surface area (Å²) in [4.78, 5) is 78.1. The van der Waals surface area contributed by atoms with Crippen molar-refractivity contribution in [3.63, 3.8) is 0 Å². The molecule has 0 unspecified atom stereocenters. The Morgan fingerprint density at radius 3 is 1.52 bits per heavy atom. The van der Waals surface area contributed by atoms with Crippen LogP contribution in [0.1, 0.15) is 76.3 Å². The lowest BCUT2D eigenvalue weighted by Gasteiger charge is -2.34. The van der Waals surface area contributed by atoms with Gasteiger partial charge in [-0.15, -0.1) is 0 Å². The zero-order chi connectivity index (χ0) is 43.5. The Kier molecular flexibility index (Phi) is 16.0. The van der Waals surface area contributed by atoms with Gasteiger partial charge < -0.3 is 29.5 Å². The molecule has 6 saturated heterocycles. The molecule has 5 amide bonds. The number of aliphatic carboxylic acids is 1. The van der Waals surface area contributed by atoms with Crippen molar-refractivity contribution in [2.45, 2.75) is 115 Å². The molecule has 4 N–H and O–H groups in total. The molecule has 332 valence electrons. The number of hydroxylamine groups is 5. The van der Waals surface area contributed by atoms with Crippen molar-refractivity contribution in [2.24, 2.45) is 5.90 Å². The van der Waals surface area contributed by atoms with Gasteiger partial charge in [0.05, 0.1) is 24.3 Å². The van der Waals surface area contributed by atoms with Crippen LogP contribution in [-0.4, -0.2) is 134 Å². The van der Waals surface area contributed by atoms with Crippen molar-refractivity contribution < 1.29 is 43.6 Å². The number of nitrogens with one attached hydrogen (secondary N) is 1. The second-order valence-corrected chi connectivity index (χ2v) is 16.4. The van der Waals surface area contributed by atoms with E-state index in [0.29, 0.717) is 45.6 Å². The van der Waals surface area contributed by atoms with Crippen molar-refractivity contribution in [1.82, 2.24) is 35.2 Å². The highest BCUT2D eigenvalue weighted by Crippen LogP contribution is 2.32. The van der Waals surface area contributed by atoms with Crippen molar-refractivity contribution in [3.8, 4) is 0 Å². The number of carbonyl (C=O) groups excluding carboxylic acids is 3. The Morgan fingerprint density at radius 2 is 1.10 bits per heavy atom. The van der Waals surface area contributed by atoms with Gasteiger partial charge in [0.2, 0.25) is 0 Å². The van der Waals surface area contributed by atoms with Gasteiger partial charge in [-0.1, -0.05) is 73.8 Å². The number of rotatable bonds is 13. The molecule has 4 atom stereocenters. The molecule has 0 radical (unpaired) electrons. The highest BCUT2D eigenvalue weighted by Gasteiger charge is 2.49. The number of benzene rings is 2. The molecule has 6 fully saturated rings. The summed E-state index contributed by atoms with van der Waals surface area (Å²) < 4.78 is 0. The first-order valence-electron chi connectivity index (χ1n) is 21.3. The van der Waals surface area contributed by atoms with Crippen LogP contribution >= 0.6 is 0 Å². The summed E-state index contributed by atoms with van der Waals surface area (Å²) in [5, 5.41) is 11.9. The Balaban J connectivity index is 0.000000172. The van der Waals surface area contributed by atoms with Crippen molar-refractivity contribution >= 4 is 23.9 Å². The van der Waals surface area contributed by atoms with Gasteiger partial charge in [-0.3, -0.25) is 19.3 Å². The SMILES string of the molecule is C=C(C)N1CCC(ON)CC1.C=C(C)N1CCC(ONC(=O)[C@@H]2CC[C@@H]3CN2C(=O)N3OCc2ccccc2)CC1.O=C(O)[C@@H]1CC[C@@H]2CN1C(=O)N2OCc1ccccc1. The van der Waals surface area contributed by atoms with Gasteiger partial charge in [0.25, 0.3) is 5.91 Å². The van der Waals surface area contributed by atoms with Crippen LogP contribution in [0.2, 0.25) is 0 Å². The summed E-state index contributed by atoms with van der Waals surface area (Å²) in [6, 6.07) is 17.4. The van der Waals surface area contributed by atoms with E-state index in [1.807, 2.05) is 74.5 Å². The van der Waals surface area contributed by atoms with Crippen LogP contribution in [0.3, 0.4) is 0 Å². The minimum atomic E-state index is -0.943. The molecule has 0 spiro atoms. The number of likely N-dealkylation sites (tertiary alicyclic amines) is 2. The van der Waals surface area contributed by atoms with Gasteiger partial charge in [-0.2, -0.15) is 10.1 Å². The van der Waals surface area contributed by atoms with E-state index in [4.69, 9.17) is 30.4 Å². The van der Waals surface area contributed by atoms with Crippen LogP contribution < -0.4 is 11.4 Å². The smallest absolute Gasteiger partial charge is 0.345 e. The van der Waals surface area contributed by atoms with Crippen molar-refractivity contribution in [2.75, 3.05) is 39.3 Å². The van der Waals surface area contributed by atoms with E-state index in [1.54, 1.807) is 4.90 Å². The summed E-state index contributed by atoms with van der Waals surface area (Å²) in [5.41, 5.74) is 6.79. The molecule has 6 aliphatic rings. The van der Waals surface area contributed by atoms with E-state index < -0.39 is 18.1 Å². The average molecular weight is 847 g/mol. The van der Waals surface area contributed by atoms with Crippen LogP contribution in [0.25, 0.3) is 0 Å². The van der Waals surface area contributed by atoms with E-state index in [2.05, 4.69) is 28.4 Å². The quantitative estimate of drug-likeness (QED) is 0.235. The Hall–Kier alpha value is -5.20. The number of carbonyl (C=O) groups is 4. The highest BCUT2D eigenvalue weighted by molar-refractivity contribution is 5.88. The topological polar surface area (TPSA) is 183 Å². The van der Waals surface area contributed by atoms with E-state index >= 15 is 0 Å². The molecule has 2 aromatic rings. The third-order valence-corrected chi connectivity index (χ3v) is 12.1. The fraction of sp³-hybridized carbons (Fsp3) is 0.545. The fourth-order valence-electron chi connectivity index (χ4n) is 8.50. The molecular weight excluding hydrogens is 785 g/mol. The van der Waals surface area contributed by atoms with Crippen LogP contribution in [0.4, 0.5) is 9.59 Å². The summed E-state index contributed by atoms with van der Waals surface area (Å²) in [6.45, 7) is 17.3. The fourth-order valence-corrected chi connectivity index (χ4v) is 8.50. The molecule has 4 bridgehead atoms. The van der Waals surface area contributed by atoms with Gasteiger partial charge in [-0.05, 0) is 76.3 Å². The molecule has 8 rings (SSSR count). The maximum atomic E-state index is 12.8. The number of amides is 5. The molecule has 61 heavy (non-hydrogen) atoms. The first-order valence-corrected chi connectivity index (χ1v) is 21.3. The summed E-state index contributed by atoms with van der Waals surface area (Å²) in [6.07, 6.45) is 6.42. The third-order valence-electron chi connectivity index (χ3n) is 12.1. The lowest BCUT2D eigenvalue weighted by atomic mass is 10.0. The number of hydrogen-bond acceptors (Lipinski definition) is 11. The Morgan fingerprint density at radius 1 is 0.672 bits per heavy atom. The molecule has 0 aromatic heterocycles. The number of allylic oxidation sites excluding steroid dienone is 2. The van der Waals surface area contributed by atoms with Crippen LogP contribution in [-0.2, 0) is 42.2 Å². The number of piperidine rings is 4. The van der Waals surface area contributed by atoms with E-state index in [-0.39, 0.29) is 42.3 Å². The first-order chi connectivity index (χ1) is 29.4. The second kappa shape index (κ2) is 21.5. The van der Waals surface area contributed by atoms with Crippen LogP contribution in [0.15, 0.2) is 85.2 Å². The molecule has 6 aliphatic heterocycles. The number of carboxylic acid groups (broad SMARTS) is 1. The second-order valence-electron chi connectivity index (χ2n) is 16.4. The van der Waals surface area contributed by atoms with Gasteiger partial charge >= 0.3 is 18.0 Å². The first kappa shape index (κ1) is 45.3. The molecule has 17 heteroatoms. The number of nitrogens with two attached hydrogens (primary N) is 1. The largest absolute Gasteiger partial charge is 0.480 e. The minimum absolute atomic E-state index is 0.0131. The minimum Gasteiger partial charge on any atom is -0.480 e. The van der Waals surface area contributed by atoms with Gasteiger partial charge in [-0.25, -0.2) is 25.8 Å². The summed E-state index contributed by atoms with van der Waals surface area (Å²) in [7, 11) is 0. The maximum absolute atomic E-state index is 12.8. The monoisotopic (exact) mass is 846 g/mol. The van der Waals surface area contributed by atoms with Gasteiger partial charge in [0.15, 0.2) is 0 Å². The molecule has 0 aliphatic carbocycles.